The molecule has 6 N–H and O–H groups in total. The summed E-state index contributed by atoms with van der Waals surface area (Å²) in [5.41, 5.74) is 0. The summed E-state index contributed by atoms with van der Waals surface area (Å²) >= 11 is 0. The fourth-order valence-corrected chi connectivity index (χ4v) is 7.51. The maximum absolute atomic E-state index is 13.0. The van der Waals surface area contributed by atoms with Gasteiger partial charge in [-0.2, -0.15) is 0 Å². The molecule has 9 heteroatoms. The monoisotopic (exact) mass is 948 g/mol. The van der Waals surface area contributed by atoms with Gasteiger partial charge in [-0.1, -0.05) is 206 Å². The molecule has 0 bridgehead atoms. The van der Waals surface area contributed by atoms with Gasteiger partial charge in [0.05, 0.1) is 25.4 Å². The smallest absolute Gasteiger partial charge is 0.220 e. The van der Waals surface area contributed by atoms with Crippen LogP contribution in [0.25, 0.3) is 0 Å². The number of aliphatic hydroxyl groups excluding tert-OH is 5. The van der Waals surface area contributed by atoms with Crippen LogP contribution in [0.4, 0.5) is 0 Å². The van der Waals surface area contributed by atoms with Crippen LogP contribution >= 0.6 is 0 Å². The van der Waals surface area contributed by atoms with Crippen LogP contribution in [0.1, 0.15) is 187 Å². The quantitative estimate of drug-likeness (QED) is 0.0261. The van der Waals surface area contributed by atoms with Gasteiger partial charge in [-0.05, 0) is 96.3 Å². The summed E-state index contributed by atoms with van der Waals surface area (Å²) in [5, 5.41) is 54.2. The lowest BCUT2D eigenvalue weighted by molar-refractivity contribution is -0.302. The van der Waals surface area contributed by atoms with Crippen molar-refractivity contribution in [2.45, 2.75) is 230 Å². The number of aliphatic hydroxyl groups is 5. The molecule has 0 aromatic rings. The molecule has 0 aromatic heterocycles. The maximum atomic E-state index is 13.0. The first-order valence-electron chi connectivity index (χ1n) is 26.8. The van der Waals surface area contributed by atoms with Gasteiger partial charge in [0.1, 0.15) is 24.4 Å². The van der Waals surface area contributed by atoms with Gasteiger partial charge in [-0.3, -0.25) is 4.79 Å². The number of hydrogen-bond acceptors (Lipinski definition) is 8. The summed E-state index contributed by atoms with van der Waals surface area (Å²) in [7, 11) is 0. The molecule has 0 radical (unpaired) electrons. The van der Waals surface area contributed by atoms with Gasteiger partial charge in [-0.25, -0.2) is 0 Å². The van der Waals surface area contributed by atoms with E-state index < -0.39 is 49.5 Å². The van der Waals surface area contributed by atoms with E-state index in [-0.39, 0.29) is 12.5 Å². The summed E-state index contributed by atoms with van der Waals surface area (Å²) in [6.07, 6.45) is 64.0. The van der Waals surface area contributed by atoms with Gasteiger partial charge in [0, 0.05) is 6.42 Å². The average Bonchev–Trinajstić information content (AvgIpc) is 3.34. The molecule has 1 saturated heterocycles. The zero-order chi connectivity index (χ0) is 49.4. The second-order valence-corrected chi connectivity index (χ2v) is 17.9. The number of unbranched alkanes of at least 4 members (excludes halogenated alkanes) is 15. The van der Waals surface area contributed by atoms with E-state index in [9.17, 15) is 30.3 Å². The van der Waals surface area contributed by atoms with E-state index in [2.05, 4.69) is 129 Å². The fraction of sp³-hybridized carbons (Fsp3) is 0.644. The Labute approximate surface area is 414 Å². The van der Waals surface area contributed by atoms with Crippen molar-refractivity contribution in [1.29, 1.82) is 0 Å². The Bertz CT molecular complexity index is 1470. The minimum absolute atomic E-state index is 0.202. The van der Waals surface area contributed by atoms with E-state index in [4.69, 9.17) is 9.47 Å². The van der Waals surface area contributed by atoms with Crippen LogP contribution in [-0.2, 0) is 14.3 Å². The molecule has 7 unspecified atom stereocenters. The van der Waals surface area contributed by atoms with Crippen LogP contribution in [0.3, 0.4) is 0 Å². The molecule has 0 aliphatic carbocycles. The number of rotatable bonds is 43. The van der Waals surface area contributed by atoms with Crippen molar-refractivity contribution in [3.63, 3.8) is 0 Å². The summed E-state index contributed by atoms with van der Waals surface area (Å²) < 4.78 is 11.2. The number of amides is 1. The highest BCUT2D eigenvalue weighted by molar-refractivity contribution is 5.76. The molecule has 386 valence electrons. The number of carbonyl (C=O) groups excluding carboxylic acids is 1. The van der Waals surface area contributed by atoms with E-state index in [0.29, 0.717) is 6.42 Å². The van der Waals surface area contributed by atoms with E-state index in [0.717, 1.165) is 109 Å². The highest BCUT2D eigenvalue weighted by atomic mass is 16.7. The van der Waals surface area contributed by atoms with Crippen molar-refractivity contribution in [2.24, 2.45) is 0 Å². The lowest BCUT2D eigenvalue weighted by atomic mass is 9.99. The molecule has 1 rings (SSSR count). The van der Waals surface area contributed by atoms with Crippen LogP contribution in [0, 0.1) is 0 Å². The van der Waals surface area contributed by atoms with Crippen LogP contribution in [-0.4, -0.2) is 87.5 Å². The van der Waals surface area contributed by atoms with E-state index in [1.165, 1.54) is 57.8 Å². The van der Waals surface area contributed by atoms with Gasteiger partial charge >= 0.3 is 0 Å². The largest absolute Gasteiger partial charge is 0.394 e. The predicted octanol–water partition coefficient (Wildman–Crippen LogP) is 12.8. The van der Waals surface area contributed by atoms with Crippen molar-refractivity contribution in [2.75, 3.05) is 13.2 Å². The van der Waals surface area contributed by atoms with E-state index in [1.54, 1.807) is 6.08 Å². The highest BCUT2D eigenvalue weighted by Crippen LogP contribution is 2.22. The van der Waals surface area contributed by atoms with Gasteiger partial charge < -0.3 is 40.3 Å². The normalized spacial score (nSPS) is 20.6. The van der Waals surface area contributed by atoms with Crippen LogP contribution in [0.2, 0.25) is 0 Å². The lowest BCUT2D eigenvalue weighted by Crippen LogP contribution is -2.60. The molecule has 7 atom stereocenters. The zero-order valence-corrected chi connectivity index (χ0v) is 42.6. The minimum Gasteiger partial charge on any atom is -0.394 e. The van der Waals surface area contributed by atoms with Crippen LogP contribution in [0.15, 0.2) is 122 Å². The van der Waals surface area contributed by atoms with Crippen molar-refractivity contribution in [3.8, 4) is 0 Å². The first-order valence-corrected chi connectivity index (χ1v) is 26.8. The van der Waals surface area contributed by atoms with Gasteiger partial charge in [0.25, 0.3) is 0 Å². The third kappa shape index (κ3) is 36.6. The molecule has 1 amide bonds. The summed E-state index contributed by atoms with van der Waals surface area (Å²) in [6.45, 7) is 3.56. The highest BCUT2D eigenvalue weighted by Gasteiger charge is 2.44. The Morgan fingerprint density at radius 3 is 1.41 bits per heavy atom. The minimum atomic E-state index is -1.58. The van der Waals surface area contributed by atoms with E-state index in [1.807, 2.05) is 6.08 Å². The van der Waals surface area contributed by atoms with Gasteiger partial charge in [-0.15, -0.1) is 0 Å². The molecule has 1 aliphatic rings. The molecule has 0 aromatic carbocycles. The molecule has 1 fully saturated rings. The van der Waals surface area contributed by atoms with Crippen molar-refractivity contribution >= 4 is 5.91 Å². The van der Waals surface area contributed by atoms with Crippen LogP contribution < -0.4 is 5.32 Å². The van der Waals surface area contributed by atoms with Crippen LogP contribution in [0.5, 0.6) is 0 Å². The second kappa shape index (κ2) is 47.3. The lowest BCUT2D eigenvalue weighted by Gasteiger charge is -2.40. The molecule has 0 saturated carbocycles. The summed E-state index contributed by atoms with van der Waals surface area (Å²) in [4.78, 5) is 13.0. The Kier molecular flexibility index (Phi) is 43.5. The topological polar surface area (TPSA) is 149 Å². The Balaban J connectivity index is 2.20. The number of ether oxygens (including phenoxy) is 2. The summed E-state index contributed by atoms with van der Waals surface area (Å²) in [6, 6.07) is -0.836. The standard InChI is InChI=1S/C59H97NO8/c1-3-5-7-9-11-13-15-17-18-19-20-21-22-23-24-25-26-27-28-29-30-31-32-33-34-35-36-37-39-41-43-45-47-49-55(63)60-52(51-67-59-58(66)57(65)56(64)54(50-61)68-59)53(62)48-46-44-42-40-38-16-14-12-10-8-6-4-2/h5,7,10-13,17-18,20-21,23-24,26-27,29-30,38,40,46,48,52-54,56-59,61-62,64-66H,3-4,6,8-9,14-16,19,22,25,28,31-37,39,41-45,47,49-51H2,1-2H3,(H,60,63)/b7-5-,12-10+,13-11-,18-17-,21-20-,24-23-,27-26-,30-29-,40-38+,48-46+. The average molecular weight is 948 g/mol. The molecule has 0 spiro atoms. The fourth-order valence-electron chi connectivity index (χ4n) is 7.51. The van der Waals surface area contributed by atoms with Crippen molar-refractivity contribution < 1.29 is 39.8 Å². The predicted molar refractivity (Wildman–Crippen MR) is 285 cm³/mol. The van der Waals surface area contributed by atoms with Gasteiger partial charge in [0.2, 0.25) is 5.91 Å². The number of carbonyl (C=O) groups is 1. The number of allylic oxidation sites excluding steroid dienone is 19. The molecule has 9 nitrogen and oxygen atoms in total. The van der Waals surface area contributed by atoms with E-state index >= 15 is 0 Å². The molecule has 1 heterocycles. The first-order chi connectivity index (χ1) is 33.3. The molecular formula is C59H97NO8. The summed E-state index contributed by atoms with van der Waals surface area (Å²) in [5.74, 6) is -0.202. The number of hydrogen-bond donors (Lipinski definition) is 6. The van der Waals surface area contributed by atoms with Crippen molar-refractivity contribution in [3.05, 3.63) is 122 Å². The maximum Gasteiger partial charge on any atom is 0.220 e. The third-order valence-corrected chi connectivity index (χ3v) is 11.7. The van der Waals surface area contributed by atoms with Gasteiger partial charge in [0.15, 0.2) is 6.29 Å². The molecule has 68 heavy (non-hydrogen) atoms. The van der Waals surface area contributed by atoms with Crippen molar-refractivity contribution in [1.82, 2.24) is 5.32 Å². The molecule has 1 aliphatic heterocycles. The Morgan fingerprint density at radius 1 is 0.515 bits per heavy atom. The second-order valence-electron chi connectivity index (χ2n) is 17.9. The Morgan fingerprint density at radius 2 is 0.926 bits per heavy atom. The SMILES string of the molecule is CC/C=C\C/C=C\C/C=C\C/C=C\C/C=C\C/C=C\C/C=C\CCCCCCCCCCCCCC(=O)NC(COC1OC(CO)C(O)C(O)C1O)C(O)/C=C/CC/C=C/CC/C=C/CCCC. The zero-order valence-electron chi connectivity index (χ0n) is 42.6. The number of nitrogens with one attached hydrogen (secondary N) is 1. The Hall–Kier alpha value is -3.41. The molecular weight excluding hydrogens is 851 g/mol. The first kappa shape index (κ1) is 62.6. The third-order valence-electron chi connectivity index (χ3n) is 11.7.